The number of hydrogen-bond donors (Lipinski definition) is 0. The molecule has 4 heterocycles. The van der Waals surface area contributed by atoms with Gasteiger partial charge in [-0.05, 0) is 43.6 Å². The van der Waals surface area contributed by atoms with Crippen LogP contribution in [0.5, 0.6) is 0 Å². The fourth-order valence-electron chi connectivity index (χ4n) is 5.20. The number of nitrogens with zero attached hydrogens (tertiary/aromatic N) is 4. The van der Waals surface area contributed by atoms with Crippen LogP contribution in [-0.2, 0) is 17.7 Å². The Bertz CT molecular complexity index is 879. The summed E-state index contributed by atoms with van der Waals surface area (Å²) < 4.78 is 7.65. The molecule has 155 valence electrons. The summed E-state index contributed by atoms with van der Waals surface area (Å²) >= 11 is 6.60. The highest BCUT2D eigenvalue weighted by molar-refractivity contribution is 6.33. The molecule has 5 nitrogen and oxygen atoms in total. The zero-order chi connectivity index (χ0) is 20.0. The lowest BCUT2D eigenvalue weighted by molar-refractivity contribution is 0.0173. The first-order valence-corrected chi connectivity index (χ1v) is 11.2. The fraction of sp³-hybridized carbons (Fsp3) is 0.609. The molecule has 1 aliphatic carbocycles. The minimum Gasteiger partial charge on any atom is -0.379 e. The van der Waals surface area contributed by atoms with E-state index in [9.17, 15) is 0 Å². The fourth-order valence-corrected chi connectivity index (χ4v) is 5.40. The van der Waals surface area contributed by atoms with E-state index in [4.69, 9.17) is 21.3 Å². The molecule has 6 heteroatoms. The lowest BCUT2D eigenvalue weighted by atomic mass is 9.82. The third kappa shape index (κ3) is 3.85. The molecule has 1 saturated carbocycles. The van der Waals surface area contributed by atoms with E-state index >= 15 is 0 Å². The SMILES string of the molecule is CC1(C)Cc2c(-c3cc([C@@H]4C[CH][C@@H](N5CCOCC5)CC4)ncc3Cl)cnn2C1. The Balaban J connectivity index is 1.34. The predicted octanol–water partition coefficient (Wildman–Crippen LogP) is 4.35. The summed E-state index contributed by atoms with van der Waals surface area (Å²) in [5, 5.41) is 5.35. The van der Waals surface area contributed by atoms with Crippen LogP contribution in [0.25, 0.3) is 11.1 Å². The van der Waals surface area contributed by atoms with Crippen molar-refractivity contribution in [1.82, 2.24) is 19.7 Å². The summed E-state index contributed by atoms with van der Waals surface area (Å²) in [6, 6.07) is 2.81. The van der Waals surface area contributed by atoms with Crippen molar-refractivity contribution in [2.24, 2.45) is 5.41 Å². The van der Waals surface area contributed by atoms with E-state index in [-0.39, 0.29) is 5.41 Å². The van der Waals surface area contributed by atoms with E-state index in [1.54, 1.807) is 0 Å². The van der Waals surface area contributed by atoms with E-state index in [0.29, 0.717) is 12.0 Å². The smallest absolute Gasteiger partial charge is 0.0669 e. The van der Waals surface area contributed by atoms with E-state index < -0.39 is 0 Å². The van der Waals surface area contributed by atoms with Crippen molar-refractivity contribution in [3.8, 4) is 11.1 Å². The average Bonchev–Trinajstić information content (AvgIpc) is 3.24. The average molecular weight is 414 g/mol. The summed E-state index contributed by atoms with van der Waals surface area (Å²) in [6.45, 7) is 9.40. The second-order valence-corrected chi connectivity index (χ2v) is 9.96. The molecule has 2 aromatic rings. The van der Waals surface area contributed by atoms with Gasteiger partial charge in [0.15, 0.2) is 0 Å². The Morgan fingerprint density at radius 1 is 1.14 bits per heavy atom. The molecule has 1 radical (unpaired) electrons. The first-order chi connectivity index (χ1) is 14.0. The molecule has 29 heavy (non-hydrogen) atoms. The molecule has 2 aromatic heterocycles. The van der Waals surface area contributed by atoms with Crippen LogP contribution in [0.15, 0.2) is 18.5 Å². The molecule has 0 bridgehead atoms. The predicted molar refractivity (Wildman–Crippen MR) is 115 cm³/mol. The van der Waals surface area contributed by atoms with Crippen molar-refractivity contribution >= 4 is 11.6 Å². The van der Waals surface area contributed by atoms with E-state index in [1.807, 2.05) is 12.4 Å². The Hall–Kier alpha value is -1.43. The van der Waals surface area contributed by atoms with E-state index in [1.165, 1.54) is 29.8 Å². The van der Waals surface area contributed by atoms with Crippen molar-refractivity contribution in [1.29, 1.82) is 0 Å². The van der Waals surface area contributed by atoms with Gasteiger partial charge in [-0.1, -0.05) is 25.4 Å². The minimum absolute atomic E-state index is 0.257. The molecule has 2 aliphatic heterocycles. The molecule has 0 unspecified atom stereocenters. The highest BCUT2D eigenvalue weighted by Gasteiger charge is 2.33. The number of rotatable bonds is 3. The van der Waals surface area contributed by atoms with Gasteiger partial charge in [0.2, 0.25) is 0 Å². The molecule has 0 N–H and O–H groups in total. The van der Waals surface area contributed by atoms with Crippen molar-refractivity contribution in [2.75, 3.05) is 26.3 Å². The Morgan fingerprint density at radius 3 is 2.72 bits per heavy atom. The zero-order valence-corrected chi connectivity index (χ0v) is 18.2. The number of halogens is 1. The normalized spacial score (nSPS) is 27.1. The van der Waals surface area contributed by atoms with Crippen molar-refractivity contribution in [3.05, 3.63) is 41.3 Å². The Labute approximate surface area is 178 Å². The van der Waals surface area contributed by atoms with Crippen LogP contribution < -0.4 is 0 Å². The molecule has 1 saturated heterocycles. The van der Waals surface area contributed by atoms with Gasteiger partial charge in [-0.15, -0.1) is 0 Å². The summed E-state index contributed by atoms with van der Waals surface area (Å²) in [5.41, 5.74) is 4.99. The van der Waals surface area contributed by atoms with Gasteiger partial charge in [-0.3, -0.25) is 14.6 Å². The number of ether oxygens (including phenoxy) is 1. The molecule has 0 amide bonds. The first-order valence-electron chi connectivity index (χ1n) is 10.9. The highest BCUT2D eigenvalue weighted by Crippen LogP contribution is 2.41. The molecular formula is C23H30ClN4O. The van der Waals surface area contributed by atoms with Crippen molar-refractivity contribution in [3.63, 3.8) is 0 Å². The van der Waals surface area contributed by atoms with Crippen LogP contribution in [-0.4, -0.2) is 52.0 Å². The van der Waals surface area contributed by atoms with Crippen LogP contribution >= 0.6 is 11.6 Å². The summed E-state index contributed by atoms with van der Waals surface area (Å²) in [7, 11) is 0. The van der Waals surface area contributed by atoms with Crippen LogP contribution in [0.3, 0.4) is 0 Å². The second-order valence-electron chi connectivity index (χ2n) is 9.55. The summed E-state index contributed by atoms with van der Waals surface area (Å²) in [4.78, 5) is 7.29. The topological polar surface area (TPSA) is 43.2 Å². The molecule has 2 atom stereocenters. The Kier molecular flexibility index (Phi) is 5.17. The minimum atomic E-state index is 0.257. The van der Waals surface area contributed by atoms with Crippen molar-refractivity contribution < 1.29 is 4.74 Å². The monoisotopic (exact) mass is 413 g/mol. The highest BCUT2D eigenvalue weighted by atomic mass is 35.5. The number of pyridine rings is 1. The third-order valence-corrected chi connectivity index (χ3v) is 7.08. The maximum absolute atomic E-state index is 6.60. The molecule has 0 spiro atoms. The quantitative estimate of drug-likeness (QED) is 0.750. The summed E-state index contributed by atoms with van der Waals surface area (Å²) in [6.07, 6.45) is 10.8. The van der Waals surface area contributed by atoms with Gasteiger partial charge >= 0.3 is 0 Å². The van der Waals surface area contributed by atoms with Gasteiger partial charge in [0.25, 0.3) is 0 Å². The molecule has 2 fully saturated rings. The summed E-state index contributed by atoms with van der Waals surface area (Å²) in [5.74, 6) is 0.475. The van der Waals surface area contributed by atoms with Gasteiger partial charge < -0.3 is 4.74 Å². The van der Waals surface area contributed by atoms with Gasteiger partial charge in [-0.25, -0.2) is 0 Å². The molecular weight excluding hydrogens is 384 g/mol. The number of aromatic nitrogens is 3. The van der Waals surface area contributed by atoms with Crippen LogP contribution in [0.4, 0.5) is 0 Å². The van der Waals surface area contributed by atoms with Gasteiger partial charge in [0, 0.05) is 60.3 Å². The maximum Gasteiger partial charge on any atom is 0.0669 e. The van der Waals surface area contributed by atoms with Crippen LogP contribution in [0.2, 0.25) is 5.02 Å². The molecule has 3 aliphatic rings. The number of morpholine rings is 1. The lowest BCUT2D eigenvalue weighted by Gasteiger charge is -2.38. The molecule has 0 aromatic carbocycles. The number of fused-ring (bicyclic) bond motifs is 1. The van der Waals surface area contributed by atoms with Gasteiger partial charge in [0.05, 0.1) is 24.4 Å². The second kappa shape index (κ2) is 7.68. The van der Waals surface area contributed by atoms with E-state index in [0.717, 1.165) is 56.3 Å². The molecule has 5 rings (SSSR count). The third-order valence-electron chi connectivity index (χ3n) is 6.78. The van der Waals surface area contributed by atoms with Crippen molar-refractivity contribution in [2.45, 2.75) is 58.0 Å². The maximum atomic E-state index is 6.60. The first kappa shape index (κ1) is 19.5. The standard InChI is InChI=1S/C23H30ClN4O/c1-23(2)12-22-19(13-26-28(22)15-23)18-11-21(25-14-20(18)24)16-3-5-17(6-4-16)27-7-9-29-10-8-27/h5,11,13-14,16-17H,3-4,6-10,12,15H2,1-2H3/t16-,17-/m1/s1. The lowest BCUT2D eigenvalue weighted by Crippen LogP contribution is -2.45. The largest absolute Gasteiger partial charge is 0.379 e. The van der Waals surface area contributed by atoms with Crippen LogP contribution in [0, 0.1) is 11.8 Å². The number of hydrogen-bond acceptors (Lipinski definition) is 4. The van der Waals surface area contributed by atoms with Gasteiger partial charge in [0.1, 0.15) is 0 Å². The van der Waals surface area contributed by atoms with E-state index in [2.05, 4.69) is 41.0 Å². The van der Waals surface area contributed by atoms with Gasteiger partial charge in [-0.2, -0.15) is 5.10 Å². The zero-order valence-electron chi connectivity index (χ0n) is 17.4. The Morgan fingerprint density at radius 2 is 1.97 bits per heavy atom. The van der Waals surface area contributed by atoms with Crippen LogP contribution in [0.1, 0.15) is 50.4 Å².